The number of rotatable bonds is 6. The minimum absolute atomic E-state index is 0.356. The number of carbonyl (C=O) groups is 1. The summed E-state index contributed by atoms with van der Waals surface area (Å²) in [5.74, 6) is 2.27. The van der Waals surface area contributed by atoms with Crippen LogP contribution < -0.4 is 10.6 Å². The molecule has 0 saturated carbocycles. The van der Waals surface area contributed by atoms with Crippen molar-refractivity contribution in [1.82, 2.24) is 14.9 Å². The summed E-state index contributed by atoms with van der Waals surface area (Å²) in [6.45, 7) is 4.93. The van der Waals surface area contributed by atoms with Crippen LogP contribution in [0.5, 0.6) is 0 Å². The molecule has 6 nitrogen and oxygen atoms in total. The highest BCUT2D eigenvalue weighted by atomic mass is 32.1. The molecular weight excluding hydrogens is 370 g/mol. The van der Waals surface area contributed by atoms with Gasteiger partial charge in [0, 0.05) is 54.2 Å². The molecule has 1 aliphatic heterocycles. The Hall–Kier alpha value is -2.82. The maximum Gasteiger partial charge on any atom is 0.268 e. The summed E-state index contributed by atoms with van der Waals surface area (Å²) in [4.78, 5) is 23.5. The molecule has 1 aromatic carbocycles. The molecule has 0 spiro atoms. The first kappa shape index (κ1) is 18.5. The highest BCUT2D eigenvalue weighted by Crippen LogP contribution is 2.22. The molecule has 1 amide bonds. The monoisotopic (exact) mass is 393 g/mol. The Bertz CT molecular complexity index is 1020. The van der Waals surface area contributed by atoms with Crippen molar-refractivity contribution in [2.75, 3.05) is 37.6 Å². The number of nitrogens with one attached hydrogen (secondary N) is 1. The van der Waals surface area contributed by atoms with Crippen LogP contribution in [-0.4, -0.2) is 53.5 Å². The number of anilines is 1. The van der Waals surface area contributed by atoms with Crippen molar-refractivity contribution in [2.24, 2.45) is 5.73 Å². The summed E-state index contributed by atoms with van der Waals surface area (Å²) >= 11 is 1.48. The summed E-state index contributed by atoms with van der Waals surface area (Å²) in [5, 5.41) is 3.75. The third kappa shape index (κ3) is 3.88. The molecule has 1 aliphatic rings. The van der Waals surface area contributed by atoms with Gasteiger partial charge in [-0.3, -0.25) is 9.69 Å². The summed E-state index contributed by atoms with van der Waals surface area (Å²) in [5.41, 5.74) is 8.99. The van der Waals surface area contributed by atoms with Gasteiger partial charge in [-0.2, -0.15) is 0 Å². The number of carbonyl (C=O) groups excluding carboxylic acids is 1. The first-order valence-corrected chi connectivity index (χ1v) is 10.3. The van der Waals surface area contributed by atoms with Crippen molar-refractivity contribution < 1.29 is 4.79 Å². The molecule has 28 heavy (non-hydrogen) atoms. The maximum absolute atomic E-state index is 11.2. The van der Waals surface area contributed by atoms with E-state index in [9.17, 15) is 4.79 Å². The number of H-pyrrole nitrogens is 1. The molecule has 3 heterocycles. The van der Waals surface area contributed by atoms with Crippen LogP contribution in [-0.2, 0) is 6.42 Å². The minimum Gasteiger partial charge on any atom is -0.364 e. The molecule has 0 atom stereocenters. The number of aromatic amines is 1. The molecule has 0 unspecified atom stereocenters. The van der Waals surface area contributed by atoms with Crippen LogP contribution >= 0.6 is 11.3 Å². The Kier molecular flexibility index (Phi) is 5.33. The molecule has 0 bridgehead atoms. The van der Waals surface area contributed by atoms with Crippen molar-refractivity contribution >= 4 is 33.3 Å². The van der Waals surface area contributed by atoms with Gasteiger partial charge in [-0.25, -0.2) is 4.98 Å². The van der Waals surface area contributed by atoms with E-state index in [1.807, 2.05) is 6.20 Å². The van der Waals surface area contributed by atoms with Gasteiger partial charge in [0.1, 0.15) is 5.69 Å². The molecule has 0 radical (unpaired) electrons. The van der Waals surface area contributed by atoms with Crippen LogP contribution in [0.3, 0.4) is 0 Å². The molecule has 3 aromatic rings. The van der Waals surface area contributed by atoms with E-state index >= 15 is 0 Å². The second-order valence-electron chi connectivity index (χ2n) is 7.04. The van der Waals surface area contributed by atoms with E-state index < -0.39 is 5.91 Å². The SMILES string of the molecule is C#Cc1c[nH]c2ccc(CCCN3CCN(c4nc(C(N)=O)cs4)CC3)cc12. The first-order valence-electron chi connectivity index (χ1n) is 9.43. The number of nitrogens with zero attached hydrogens (tertiary/aromatic N) is 3. The summed E-state index contributed by atoms with van der Waals surface area (Å²) in [6, 6.07) is 6.49. The van der Waals surface area contributed by atoms with Crippen LogP contribution in [0.4, 0.5) is 5.13 Å². The van der Waals surface area contributed by atoms with Crippen LogP contribution in [0.1, 0.15) is 28.0 Å². The van der Waals surface area contributed by atoms with Gasteiger partial charge in [0.2, 0.25) is 0 Å². The van der Waals surface area contributed by atoms with Gasteiger partial charge < -0.3 is 15.6 Å². The van der Waals surface area contributed by atoms with E-state index in [2.05, 4.69) is 43.9 Å². The van der Waals surface area contributed by atoms with Crippen LogP contribution in [0.15, 0.2) is 29.8 Å². The average Bonchev–Trinajstić information content (AvgIpc) is 3.35. The molecular formula is C21H23N5OS. The number of hydrogen-bond donors (Lipinski definition) is 2. The van der Waals surface area contributed by atoms with Gasteiger partial charge in [0.15, 0.2) is 5.13 Å². The number of thiazole rings is 1. The number of fused-ring (bicyclic) bond motifs is 1. The largest absolute Gasteiger partial charge is 0.364 e. The number of aromatic nitrogens is 2. The number of aryl methyl sites for hydroxylation is 1. The zero-order valence-electron chi connectivity index (χ0n) is 15.6. The topological polar surface area (TPSA) is 78.2 Å². The van der Waals surface area contributed by atoms with E-state index in [-0.39, 0.29) is 0 Å². The third-order valence-electron chi connectivity index (χ3n) is 5.23. The fraction of sp³-hybridized carbons (Fsp3) is 0.333. The van der Waals surface area contributed by atoms with Crippen LogP contribution in [0.2, 0.25) is 0 Å². The third-order valence-corrected chi connectivity index (χ3v) is 6.13. The van der Waals surface area contributed by atoms with Crippen molar-refractivity contribution in [2.45, 2.75) is 12.8 Å². The number of nitrogens with two attached hydrogens (primary N) is 1. The highest BCUT2D eigenvalue weighted by Gasteiger charge is 2.20. The van der Waals surface area contributed by atoms with Crippen molar-refractivity contribution in [3.05, 3.63) is 46.6 Å². The summed E-state index contributed by atoms with van der Waals surface area (Å²) < 4.78 is 0. The lowest BCUT2D eigenvalue weighted by atomic mass is 10.1. The van der Waals surface area contributed by atoms with Gasteiger partial charge in [-0.05, 0) is 37.1 Å². The standard InChI is InChI=1S/C21H23N5OS/c1-2-16-13-23-18-6-5-15(12-17(16)18)4-3-7-25-8-10-26(11-9-25)21-24-19(14-28-21)20(22)27/h1,5-6,12-14,23H,3-4,7-11H2,(H2,22,27). The number of hydrogen-bond acceptors (Lipinski definition) is 5. The summed E-state index contributed by atoms with van der Waals surface area (Å²) in [7, 11) is 0. The van der Waals surface area contributed by atoms with Crippen molar-refractivity contribution in [1.29, 1.82) is 0 Å². The van der Waals surface area contributed by atoms with E-state index in [1.54, 1.807) is 5.38 Å². The fourth-order valence-electron chi connectivity index (χ4n) is 3.63. The van der Waals surface area contributed by atoms with Crippen LogP contribution in [0, 0.1) is 12.3 Å². The van der Waals surface area contributed by atoms with Crippen molar-refractivity contribution in [3.63, 3.8) is 0 Å². The number of benzene rings is 1. The average molecular weight is 394 g/mol. The van der Waals surface area contributed by atoms with Crippen LogP contribution in [0.25, 0.3) is 10.9 Å². The predicted molar refractivity (Wildman–Crippen MR) is 114 cm³/mol. The van der Waals surface area contributed by atoms with Gasteiger partial charge >= 0.3 is 0 Å². The molecule has 3 N–H and O–H groups in total. The Morgan fingerprint density at radius 3 is 2.86 bits per heavy atom. The lowest BCUT2D eigenvalue weighted by Gasteiger charge is -2.34. The number of terminal acetylenes is 1. The van der Waals surface area contributed by atoms with E-state index in [4.69, 9.17) is 12.2 Å². The Labute approximate surface area is 168 Å². The Morgan fingerprint density at radius 2 is 2.14 bits per heavy atom. The Balaban J connectivity index is 1.26. The smallest absolute Gasteiger partial charge is 0.268 e. The van der Waals surface area contributed by atoms with Crippen molar-refractivity contribution in [3.8, 4) is 12.3 Å². The van der Waals surface area contributed by atoms with Gasteiger partial charge in [0.25, 0.3) is 5.91 Å². The number of primary amides is 1. The lowest BCUT2D eigenvalue weighted by Crippen LogP contribution is -2.46. The molecule has 1 saturated heterocycles. The molecule has 144 valence electrons. The quantitative estimate of drug-likeness (QED) is 0.631. The molecule has 7 heteroatoms. The fourth-order valence-corrected chi connectivity index (χ4v) is 4.50. The van der Waals surface area contributed by atoms with Gasteiger partial charge in [0.05, 0.1) is 0 Å². The second kappa shape index (κ2) is 8.05. The molecule has 4 rings (SSSR count). The molecule has 2 aromatic heterocycles. The Morgan fingerprint density at radius 1 is 1.32 bits per heavy atom. The highest BCUT2D eigenvalue weighted by molar-refractivity contribution is 7.13. The summed E-state index contributed by atoms with van der Waals surface area (Å²) in [6.07, 6.45) is 9.62. The zero-order chi connectivity index (χ0) is 19.5. The number of piperazine rings is 1. The minimum atomic E-state index is -0.465. The van der Waals surface area contributed by atoms with E-state index in [1.165, 1.54) is 16.9 Å². The van der Waals surface area contributed by atoms with E-state index in [0.29, 0.717) is 5.69 Å². The van der Waals surface area contributed by atoms with Gasteiger partial charge in [-0.15, -0.1) is 17.8 Å². The zero-order valence-corrected chi connectivity index (χ0v) is 16.5. The maximum atomic E-state index is 11.2. The first-order chi connectivity index (χ1) is 13.6. The molecule has 1 fully saturated rings. The normalized spacial score (nSPS) is 15.0. The lowest BCUT2D eigenvalue weighted by molar-refractivity contribution is 0.0996. The second-order valence-corrected chi connectivity index (χ2v) is 7.87. The van der Waals surface area contributed by atoms with Gasteiger partial charge in [-0.1, -0.05) is 12.0 Å². The predicted octanol–water partition coefficient (Wildman–Crippen LogP) is 2.46. The number of amides is 1. The van der Waals surface area contributed by atoms with E-state index in [0.717, 1.165) is 67.2 Å². The molecule has 0 aliphatic carbocycles.